The smallest absolute Gasteiger partial charge is 0.227 e. The lowest BCUT2D eigenvalue weighted by atomic mass is 10.2. The molecule has 1 rings (SSSR count). The van der Waals surface area contributed by atoms with Crippen molar-refractivity contribution in [1.82, 2.24) is 9.78 Å². The van der Waals surface area contributed by atoms with Crippen LogP contribution in [-0.2, 0) is 16.1 Å². The highest BCUT2D eigenvalue weighted by molar-refractivity contribution is 5.90. The largest absolute Gasteiger partial charge is 0.381 e. The highest BCUT2D eigenvalue weighted by Crippen LogP contribution is 2.15. The number of hydrogen-bond donors (Lipinski definition) is 1. The van der Waals surface area contributed by atoms with Gasteiger partial charge in [-0.05, 0) is 19.8 Å². The van der Waals surface area contributed by atoms with Gasteiger partial charge in [0.25, 0.3) is 0 Å². The molecule has 0 atom stereocenters. The molecule has 0 unspecified atom stereocenters. The van der Waals surface area contributed by atoms with Gasteiger partial charge < -0.3 is 10.1 Å². The van der Waals surface area contributed by atoms with Crippen LogP contribution in [0.25, 0.3) is 0 Å². The molecule has 1 heterocycles. The molecule has 0 fully saturated rings. The quantitative estimate of drug-likeness (QED) is 0.758. The van der Waals surface area contributed by atoms with E-state index in [1.165, 1.54) is 0 Å². The summed E-state index contributed by atoms with van der Waals surface area (Å²) in [7, 11) is 0. The Kier molecular flexibility index (Phi) is 5.85. The lowest BCUT2D eigenvalue weighted by Crippen LogP contribution is -2.19. The second kappa shape index (κ2) is 7.16. The third-order valence-electron chi connectivity index (χ3n) is 2.50. The van der Waals surface area contributed by atoms with Gasteiger partial charge in [0.2, 0.25) is 5.91 Å². The van der Waals surface area contributed by atoms with Gasteiger partial charge in [-0.15, -0.1) is 0 Å². The van der Waals surface area contributed by atoms with E-state index in [-0.39, 0.29) is 5.91 Å². The van der Waals surface area contributed by atoms with Crippen LogP contribution in [0.5, 0.6) is 0 Å². The number of amides is 1. The fraction of sp³-hybridized carbons (Fsp3) is 0.692. The van der Waals surface area contributed by atoms with E-state index in [0.717, 1.165) is 17.9 Å². The SMILES string of the molecule is CCOCCC(=O)Nc1c(C)cnn1CC(C)C. The van der Waals surface area contributed by atoms with Gasteiger partial charge in [-0.2, -0.15) is 5.10 Å². The van der Waals surface area contributed by atoms with Crippen molar-refractivity contribution in [3.8, 4) is 0 Å². The molecular formula is C13H23N3O2. The molecule has 5 nitrogen and oxygen atoms in total. The number of aryl methyl sites for hydroxylation is 1. The number of hydrogen-bond acceptors (Lipinski definition) is 3. The number of anilines is 1. The van der Waals surface area contributed by atoms with Crippen LogP contribution >= 0.6 is 0 Å². The lowest BCUT2D eigenvalue weighted by Gasteiger charge is -2.12. The Bertz CT molecular complexity index is 386. The highest BCUT2D eigenvalue weighted by atomic mass is 16.5. The summed E-state index contributed by atoms with van der Waals surface area (Å²) in [6, 6.07) is 0. The van der Waals surface area contributed by atoms with Crippen LogP contribution in [0.15, 0.2) is 6.20 Å². The monoisotopic (exact) mass is 253 g/mol. The van der Waals surface area contributed by atoms with Gasteiger partial charge in [0.05, 0.1) is 19.2 Å². The van der Waals surface area contributed by atoms with Crippen molar-refractivity contribution in [2.24, 2.45) is 5.92 Å². The molecule has 0 aliphatic rings. The number of ether oxygens (including phenoxy) is 1. The standard InChI is InChI=1S/C13H23N3O2/c1-5-18-7-6-12(17)15-13-11(4)8-14-16(13)9-10(2)3/h8,10H,5-7,9H2,1-4H3,(H,15,17). The summed E-state index contributed by atoms with van der Waals surface area (Å²) < 4.78 is 7.01. The van der Waals surface area contributed by atoms with E-state index in [4.69, 9.17) is 4.74 Å². The summed E-state index contributed by atoms with van der Waals surface area (Å²) in [5, 5.41) is 7.18. The zero-order chi connectivity index (χ0) is 13.5. The van der Waals surface area contributed by atoms with E-state index in [0.29, 0.717) is 25.6 Å². The molecule has 0 saturated carbocycles. The van der Waals surface area contributed by atoms with E-state index in [2.05, 4.69) is 24.3 Å². The molecule has 1 aromatic heterocycles. The Hall–Kier alpha value is -1.36. The van der Waals surface area contributed by atoms with E-state index in [1.807, 2.05) is 18.5 Å². The van der Waals surface area contributed by atoms with Crippen LogP contribution in [0.3, 0.4) is 0 Å². The van der Waals surface area contributed by atoms with E-state index < -0.39 is 0 Å². The molecule has 1 amide bonds. The second-order valence-electron chi connectivity index (χ2n) is 4.75. The van der Waals surface area contributed by atoms with Gasteiger partial charge >= 0.3 is 0 Å². The summed E-state index contributed by atoms with van der Waals surface area (Å²) in [5.41, 5.74) is 0.986. The number of carbonyl (C=O) groups is 1. The van der Waals surface area contributed by atoms with E-state index in [1.54, 1.807) is 6.20 Å². The minimum Gasteiger partial charge on any atom is -0.381 e. The van der Waals surface area contributed by atoms with Crippen LogP contribution < -0.4 is 5.32 Å². The van der Waals surface area contributed by atoms with Crippen molar-refractivity contribution < 1.29 is 9.53 Å². The van der Waals surface area contributed by atoms with Crippen molar-refractivity contribution in [1.29, 1.82) is 0 Å². The third kappa shape index (κ3) is 4.49. The maximum atomic E-state index is 11.7. The number of aromatic nitrogens is 2. The molecule has 5 heteroatoms. The molecule has 1 aromatic rings. The first-order chi connectivity index (χ1) is 8.54. The molecule has 18 heavy (non-hydrogen) atoms. The van der Waals surface area contributed by atoms with Crippen molar-refractivity contribution in [3.63, 3.8) is 0 Å². The predicted molar refractivity (Wildman–Crippen MR) is 71.5 cm³/mol. The number of nitrogens with one attached hydrogen (secondary N) is 1. The molecule has 1 N–H and O–H groups in total. The lowest BCUT2D eigenvalue weighted by molar-refractivity contribution is -0.117. The number of rotatable bonds is 7. The summed E-state index contributed by atoms with van der Waals surface area (Å²) in [6.07, 6.45) is 2.15. The molecular weight excluding hydrogens is 230 g/mol. The average Bonchev–Trinajstić information content (AvgIpc) is 2.61. The number of nitrogens with zero attached hydrogens (tertiary/aromatic N) is 2. The van der Waals surface area contributed by atoms with Gasteiger partial charge in [0.1, 0.15) is 5.82 Å². The summed E-state index contributed by atoms with van der Waals surface area (Å²) in [5.74, 6) is 1.26. The van der Waals surface area contributed by atoms with Crippen molar-refractivity contribution in [2.45, 2.75) is 40.7 Å². The van der Waals surface area contributed by atoms with Gasteiger partial charge in [-0.3, -0.25) is 4.79 Å². The summed E-state index contributed by atoms with van der Waals surface area (Å²) >= 11 is 0. The maximum Gasteiger partial charge on any atom is 0.227 e. The summed E-state index contributed by atoms with van der Waals surface area (Å²) in [4.78, 5) is 11.7. The maximum absolute atomic E-state index is 11.7. The van der Waals surface area contributed by atoms with Crippen molar-refractivity contribution >= 4 is 11.7 Å². The first kappa shape index (κ1) is 14.7. The van der Waals surface area contributed by atoms with E-state index >= 15 is 0 Å². The van der Waals surface area contributed by atoms with Crippen LogP contribution in [0.4, 0.5) is 5.82 Å². The number of carbonyl (C=O) groups excluding carboxylic acids is 1. The van der Waals surface area contributed by atoms with Crippen LogP contribution in [0.2, 0.25) is 0 Å². The van der Waals surface area contributed by atoms with E-state index in [9.17, 15) is 4.79 Å². The minimum atomic E-state index is -0.0305. The minimum absolute atomic E-state index is 0.0305. The highest BCUT2D eigenvalue weighted by Gasteiger charge is 2.11. The molecule has 0 spiro atoms. The molecule has 0 saturated heterocycles. The molecule has 0 radical (unpaired) electrons. The average molecular weight is 253 g/mol. The molecule has 102 valence electrons. The zero-order valence-electron chi connectivity index (χ0n) is 11.7. The molecule has 0 aliphatic carbocycles. The van der Waals surface area contributed by atoms with Gasteiger partial charge in [-0.25, -0.2) is 4.68 Å². The van der Waals surface area contributed by atoms with Crippen LogP contribution in [0.1, 0.15) is 32.8 Å². The fourth-order valence-corrected chi connectivity index (χ4v) is 1.63. The fourth-order valence-electron chi connectivity index (χ4n) is 1.63. The Morgan fingerprint density at radius 3 is 2.89 bits per heavy atom. The molecule has 0 bridgehead atoms. The van der Waals surface area contributed by atoms with Crippen molar-refractivity contribution in [2.75, 3.05) is 18.5 Å². The first-order valence-corrected chi connectivity index (χ1v) is 6.44. The Labute approximate surface area is 109 Å². The predicted octanol–water partition coefficient (Wildman–Crippen LogP) is 2.21. The second-order valence-corrected chi connectivity index (χ2v) is 4.75. The topological polar surface area (TPSA) is 56.1 Å². The summed E-state index contributed by atoms with van der Waals surface area (Å²) in [6.45, 7) is 10.0. The Morgan fingerprint density at radius 1 is 1.56 bits per heavy atom. The van der Waals surface area contributed by atoms with Crippen molar-refractivity contribution in [3.05, 3.63) is 11.8 Å². The first-order valence-electron chi connectivity index (χ1n) is 6.44. The van der Waals surface area contributed by atoms with Gasteiger partial charge in [0, 0.05) is 18.7 Å². The van der Waals surface area contributed by atoms with Gasteiger partial charge in [-0.1, -0.05) is 13.8 Å². The normalized spacial score (nSPS) is 10.9. The van der Waals surface area contributed by atoms with Gasteiger partial charge in [0.15, 0.2) is 0 Å². The van der Waals surface area contributed by atoms with Crippen LogP contribution in [-0.4, -0.2) is 28.9 Å². The van der Waals surface area contributed by atoms with Crippen LogP contribution in [0, 0.1) is 12.8 Å². The Balaban J connectivity index is 2.59. The zero-order valence-corrected chi connectivity index (χ0v) is 11.7. The third-order valence-corrected chi connectivity index (χ3v) is 2.50. The molecule has 0 aliphatic heterocycles. The Morgan fingerprint density at radius 2 is 2.28 bits per heavy atom. The molecule has 0 aromatic carbocycles.